The minimum Gasteiger partial charge on any atom is -0.311 e. The van der Waals surface area contributed by atoms with Gasteiger partial charge in [-0.2, -0.15) is 0 Å². The maximum atomic E-state index is 14.0. The van der Waals surface area contributed by atoms with Gasteiger partial charge >= 0.3 is 0 Å². The molecule has 22 heavy (non-hydrogen) atoms. The first-order valence-electron chi connectivity index (χ1n) is 7.20. The topological polar surface area (TPSA) is 49.0 Å². The van der Waals surface area contributed by atoms with E-state index in [1.807, 2.05) is 6.92 Å². The molecule has 3 rings (SSSR count). The van der Waals surface area contributed by atoms with Crippen molar-refractivity contribution in [1.29, 1.82) is 0 Å². The first kappa shape index (κ1) is 15.2. The van der Waals surface area contributed by atoms with Gasteiger partial charge in [-0.25, -0.2) is 9.37 Å². The van der Waals surface area contributed by atoms with Gasteiger partial charge in [0.25, 0.3) is 5.56 Å². The molecular formula is C16H17ClFN3O. The Balaban J connectivity index is 1.87. The van der Waals surface area contributed by atoms with E-state index in [2.05, 4.69) is 14.9 Å². The average Bonchev–Trinajstić information content (AvgIpc) is 2.47. The summed E-state index contributed by atoms with van der Waals surface area (Å²) < 4.78 is 14.0. The molecule has 1 aliphatic heterocycles. The number of aromatic amines is 1. The van der Waals surface area contributed by atoms with Crippen molar-refractivity contribution >= 4 is 11.6 Å². The van der Waals surface area contributed by atoms with Gasteiger partial charge < -0.3 is 4.98 Å². The first-order chi connectivity index (χ1) is 10.5. The number of nitrogens with zero attached hydrogens (tertiary/aromatic N) is 2. The zero-order valence-corrected chi connectivity index (χ0v) is 13.3. The summed E-state index contributed by atoms with van der Waals surface area (Å²) in [6, 6.07) is 3.12. The molecule has 0 amide bonds. The summed E-state index contributed by atoms with van der Waals surface area (Å²) in [5.41, 5.74) is 2.81. The standard InChI is InChI=1S/C16H17ClFN3O/c1-9-3-4-13(18)12(15(9)17)7-21-6-5-11-14(8-21)19-10(2)20-16(11)22/h3-4H,5-8H2,1-2H3,(H,19,20,22). The number of H-pyrrole nitrogens is 1. The normalized spacial score (nSPS) is 14.9. The van der Waals surface area contributed by atoms with Gasteiger partial charge in [0.05, 0.1) is 10.7 Å². The number of nitrogens with one attached hydrogen (secondary N) is 1. The number of benzene rings is 1. The molecular weight excluding hydrogens is 305 g/mol. The van der Waals surface area contributed by atoms with E-state index in [4.69, 9.17) is 11.6 Å². The molecule has 1 aromatic carbocycles. The van der Waals surface area contributed by atoms with Crippen LogP contribution in [0, 0.1) is 19.7 Å². The van der Waals surface area contributed by atoms with Crippen LogP contribution >= 0.6 is 11.6 Å². The second kappa shape index (κ2) is 5.82. The SMILES string of the molecule is Cc1nc2c(c(=O)[nH]1)CCN(Cc1c(F)ccc(C)c1Cl)C2. The minimum atomic E-state index is -0.295. The highest BCUT2D eigenvalue weighted by molar-refractivity contribution is 6.32. The monoisotopic (exact) mass is 321 g/mol. The highest BCUT2D eigenvalue weighted by Crippen LogP contribution is 2.26. The Morgan fingerprint density at radius 1 is 1.41 bits per heavy atom. The molecule has 0 fully saturated rings. The van der Waals surface area contributed by atoms with Crippen LogP contribution in [-0.2, 0) is 19.5 Å². The van der Waals surface area contributed by atoms with Crippen LogP contribution in [0.25, 0.3) is 0 Å². The zero-order chi connectivity index (χ0) is 15.9. The summed E-state index contributed by atoms with van der Waals surface area (Å²) in [5, 5.41) is 0.473. The number of aromatic nitrogens is 2. The molecule has 0 unspecified atom stereocenters. The van der Waals surface area contributed by atoms with E-state index in [-0.39, 0.29) is 11.4 Å². The molecule has 0 saturated carbocycles. The molecule has 2 heterocycles. The van der Waals surface area contributed by atoms with Crippen LogP contribution in [0.4, 0.5) is 4.39 Å². The highest BCUT2D eigenvalue weighted by Gasteiger charge is 2.22. The van der Waals surface area contributed by atoms with Crippen molar-refractivity contribution in [2.75, 3.05) is 6.54 Å². The van der Waals surface area contributed by atoms with Gasteiger partial charge in [0.2, 0.25) is 0 Å². The third-order valence-electron chi connectivity index (χ3n) is 4.03. The van der Waals surface area contributed by atoms with Crippen molar-refractivity contribution in [3.8, 4) is 0 Å². The molecule has 0 bridgehead atoms. The van der Waals surface area contributed by atoms with Crippen molar-refractivity contribution in [2.24, 2.45) is 0 Å². The lowest BCUT2D eigenvalue weighted by Crippen LogP contribution is -2.35. The van der Waals surface area contributed by atoms with Crippen LogP contribution in [-0.4, -0.2) is 21.4 Å². The Hall–Kier alpha value is -1.72. The summed E-state index contributed by atoms with van der Waals surface area (Å²) in [4.78, 5) is 21.1. The lowest BCUT2D eigenvalue weighted by molar-refractivity contribution is 0.237. The Labute approximate surface area is 133 Å². The van der Waals surface area contributed by atoms with Crippen molar-refractivity contribution < 1.29 is 4.39 Å². The third-order valence-corrected chi connectivity index (χ3v) is 4.56. The molecule has 1 aromatic heterocycles. The van der Waals surface area contributed by atoms with Gasteiger partial charge in [0.15, 0.2) is 0 Å². The quantitative estimate of drug-likeness (QED) is 0.925. The lowest BCUT2D eigenvalue weighted by Gasteiger charge is -2.28. The Morgan fingerprint density at radius 3 is 2.95 bits per heavy atom. The number of hydrogen-bond acceptors (Lipinski definition) is 3. The number of fused-ring (bicyclic) bond motifs is 1. The summed E-state index contributed by atoms with van der Waals surface area (Å²) in [7, 11) is 0. The smallest absolute Gasteiger partial charge is 0.254 e. The predicted molar refractivity (Wildman–Crippen MR) is 83.6 cm³/mol. The van der Waals surface area contributed by atoms with Crippen molar-refractivity contribution in [3.63, 3.8) is 0 Å². The van der Waals surface area contributed by atoms with Gasteiger partial charge in [0, 0.05) is 30.8 Å². The Bertz CT molecular complexity index is 788. The number of rotatable bonds is 2. The van der Waals surface area contributed by atoms with Crippen molar-refractivity contribution in [1.82, 2.24) is 14.9 Å². The molecule has 4 nitrogen and oxygen atoms in total. The fraction of sp³-hybridized carbons (Fsp3) is 0.375. The van der Waals surface area contributed by atoms with E-state index in [0.29, 0.717) is 42.5 Å². The number of hydrogen-bond donors (Lipinski definition) is 1. The summed E-state index contributed by atoms with van der Waals surface area (Å²) in [5.74, 6) is 0.307. The van der Waals surface area contributed by atoms with E-state index in [0.717, 1.165) is 16.8 Å². The molecule has 0 saturated heterocycles. The second-order valence-corrected chi connectivity index (χ2v) is 6.07. The van der Waals surface area contributed by atoms with Crippen LogP contribution in [0.2, 0.25) is 5.02 Å². The molecule has 1 aliphatic rings. The van der Waals surface area contributed by atoms with E-state index in [1.54, 1.807) is 13.0 Å². The van der Waals surface area contributed by atoms with Crippen molar-refractivity contribution in [2.45, 2.75) is 33.4 Å². The van der Waals surface area contributed by atoms with E-state index < -0.39 is 0 Å². The van der Waals surface area contributed by atoms with Crippen LogP contribution in [0.15, 0.2) is 16.9 Å². The van der Waals surface area contributed by atoms with E-state index in [1.165, 1.54) is 6.07 Å². The van der Waals surface area contributed by atoms with Gasteiger partial charge in [-0.3, -0.25) is 9.69 Å². The van der Waals surface area contributed by atoms with Gasteiger partial charge in [-0.1, -0.05) is 17.7 Å². The van der Waals surface area contributed by atoms with Crippen LogP contribution in [0.3, 0.4) is 0 Å². The predicted octanol–water partition coefficient (Wildman–Crippen LogP) is 2.74. The molecule has 0 atom stereocenters. The summed E-state index contributed by atoms with van der Waals surface area (Å²) >= 11 is 6.23. The van der Waals surface area contributed by atoms with Crippen LogP contribution < -0.4 is 5.56 Å². The fourth-order valence-corrected chi connectivity index (χ4v) is 3.05. The van der Waals surface area contributed by atoms with E-state index >= 15 is 0 Å². The van der Waals surface area contributed by atoms with Crippen molar-refractivity contribution in [3.05, 3.63) is 61.5 Å². The van der Waals surface area contributed by atoms with Gasteiger partial charge in [0.1, 0.15) is 11.6 Å². The van der Waals surface area contributed by atoms with Gasteiger partial charge in [-0.05, 0) is 31.9 Å². The summed E-state index contributed by atoms with van der Waals surface area (Å²) in [6.07, 6.45) is 0.614. The molecule has 0 spiro atoms. The van der Waals surface area contributed by atoms with Crippen LogP contribution in [0.1, 0.15) is 28.2 Å². The van der Waals surface area contributed by atoms with E-state index in [9.17, 15) is 9.18 Å². The highest BCUT2D eigenvalue weighted by atomic mass is 35.5. The Morgan fingerprint density at radius 2 is 2.18 bits per heavy atom. The molecule has 0 aliphatic carbocycles. The third kappa shape index (κ3) is 2.78. The molecule has 2 aromatic rings. The number of aryl methyl sites for hydroxylation is 2. The first-order valence-corrected chi connectivity index (χ1v) is 7.58. The minimum absolute atomic E-state index is 0.0677. The maximum Gasteiger partial charge on any atom is 0.254 e. The number of halogens is 2. The van der Waals surface area contributed by atoms with Crippen LogP contribution in [0.5, 0.6) is 0 Å². The molecule has 0 radical (unpaired) electrons. The summed E-state index contributed by atoms with van der Waals surface area (Å²) in [6.45, 7) is 5.26. The zero-order valence-electron chi connectivity index (χ0n) is 12.5. The average molecular weight is 322 g/mol. The largest absolute Gasteiger partial charge is 0.311 e. The molecule has 1 N–H and O–H groups in total. The lowest BCUT2D eigenvalue weighted by atomic mass is 10.0. The maximum absolute atomic E-state index is 14.0. The molecule has 6 heteroatoms. The second-order valence-electron chi connectivity index (χ2n) is 5.69. The Kier molecular flexibility index (Phi) is 4.02. The fourth-order valence-electron chi connectivity index (χ4n) is 2.84. The van der Waals surface area contributed by atoms with Gasteiger partial charge in [-0.15, -0.1) is 0 Å². The molecule has 116 valence electrons.